The van der Waals surface area contributed by atoms with Crippen molar-refractivity contribution in [1.82, 2.24) is 0 Å². The minimum Gasteiger partial charge on any atom is -0.456 e. The molecule has 3 aromatic heterocycles. The third-order valence-electron chi connectivity index (χ3n) is 16.2. The van der Waals surface area contributed by atoms with Crippen LogP contribution >= 0.6 is 11.3 Å². The molecule has 0 N–H and O–H groups in total. The molecule has 2 aliphatic rings. The standard InChI is InChI=1S/C70H53BN2O2S/c1-69(2,3)45-30-33-47(34-31-45)73-58-41-63-51(48-26-16-18-28-61(48)74-63)37-55(58)64-65-60(39-52-49-27-17-19-29-62(49)75-66(52)64)72(57-35-32-46(70(4,5)6)36-50(57)42-20-10-7-11-21-42)59-40-54-53(38-56(59)71(65)73)67(43-22-12-8-13-23-43)76-68(54)44-24-14-9-15-25-44/h7-41H,1-6H3. The molecular weight excluding hydrogens is 944 g/mol. The number of rotatable bonds is 5. The number of thiophene rings is 1. The number of nitrogens with zero attached hydrogens (tertiary/aromatic N) is 2. The van der Waals surface area contributed by atoms with E-state index in [1.807, 2.05) is 11.3 Å². The predicted octanol–water partition coefficient (Wildman–Crippen LogP) is 19.0. The van der Waals surface area contributed by atoms with E-state index in [1.54, 1.807) is 0 Å². The van der Waals surface area contributed by atoms with Gasteiger partial charge in [-0.2, -0.15) is 0 Å². The number of para-hydroxylation sites is 2. The fraction of sp³-hybridized carbons (Fsp3) is 0.114. The van der Waals surface area contributed by atoms with Crippen molar-refractivity contribution in [2.75, 3.05) is 9.71 Å². The average Bonchev–Trinajstić information content (AvgIpc) is 4.28. The summed E-state index contributed by atoms with van der Waals surface area (Å²) in [6, 6.07) is 78.7. The van der Waals surface area contributed by atoms with Crippen molar-refractivity contribution in [2.24, 2.45) is 0 Å². The molecule has 13 aromatic rings. The average molecular weight is 997 g/mol. The van der Waals surface area contributed by atoms with Gasteiger partial charge >= 0.3 is 6.85 Å². The van der Waals surface area contributed by atoms with Gasteiger partial charge in [0.2, 0.25) is 0 Å². The zero-order valence-corrected chi connectivity index (χ0v) is 44.2. The van der Waals surface area contributed by atoms with E-state index < -0.39 is 0 Å². The van der Waals surface area contributed by atoms with Gasteiger partial charge in [-0.25, -0.2) is 0 Å². The molecule has 15 rings (SSSR count). The molecular formula is C70H53BN2O2S. The maximum absolute atomic E-state index is 7.27. The highest BCUT2D eigenvalue weighted by molar-refractivity contribution is 7.21. The van der Waals surface area contributed by atoms with Crippen LogP contribution in [0.2, 0.25) is 0 Å². The van der Waals surface area contributed by atoms with Gasteiger partial charge in [0.05, 0.1) is 5.69 Å². The maximum atomic E-state index is 7.27. The lowest BCUT2D eigenvalue weighted by atomic mass is 9.43. The minimum absolute atomic E-state index is 0.0305. The van der Waals surface area contributed by atoms with Crippen LogP contribution in [0.1, 0.15) is 52.7 Å². The molecule has 10 aromatic carbocycles. The molecule has 0 unspecified atom stereocenters. The minimum atomic E-state index is -0.300. The Kier molecular flexibility index (Phi) is 9.72. The first-order valence-electron chi connectivity index (χ1n) is 26.5. The lowest BCUT2D eigenvalue weighted by molar-refractivity contribution is 0.590. The number of fused-ring (bicyclic) bond motifs is 12. The van der Waals surface area contributed by atoms with Crippen molar-refractivity contribution in [3.8, 4) is 43.1 Å². The number of hydrogen-bond acceptors (Lipinski definition) is 5. The Morgan fingerprint density at radius 3 is 1.59 bits per heavy atom. The van der Waals surface area contributed by atoms with Crippen molar-refractivity contribution < 1.29 is 8.83 Å². The van der Waals surface area contributed by atoms with Crippen LogP contribution in [-0.4, -0.2) is 6.85 Å². The molecule has 0 spiro atoms. The highest BCUT2D eigenvalue weighted by atomic mass is 32.1. The van der Waals surface area contributed by atoms with Gasteiger partial charge in [0.15, 0.2) is 0 Å². The number of furan rings is 2. The summed E-state index contributed by atoms with van der Waals surface area (Å²) in [5.41, 5.74) is 20.9. The molecule has 6 heteroatoms. The van der Waals surface area contributed by atoms with Crippen LogP contribution in [0.4, 0.5) is 28.4 Å². The molecule has 0 radical (unpaired) electrons. The number of anilines is 5. The lowest BCUT2D eigenvalue weighted by Crippen LogP contribution is -2.61. The molecule has 0 saturated heterocycles. The molecule has 0 aliphatic carbocycles. The second-order valence-electron chi connectivity index (χ2n) is 22.8. The van der Waals surface area contributed by atoms with Gasteiger partial charge in [0.25, 0.3) is 0 Å². The maximum Gasteiger partial charge on any atom is 0.333 e. The van der Waals surface area contributed by atoms with Gasteiger partial charge in [0.1, 0.15) is 22.3 Å². The first-order chi connectivity index (χ1) is 37.0. The summed E-state index contributed by atoms with van der Waals surface area (Å²) in [6.07, 6.45) is 0. The Morgan fingerprint density at radius 1 is 0.395 bits per heavy atom. The fourth-order valence-electron chi connectivity index (χ4n) is 12.4. The summed E-state index contributed by atoms with van der Waals surface area (Å²) in [4.78, 5) is 7.74. The molecule has 0 fully saturated rings. The van der Waals surface area contributed by atoms with Crippen molar-refractivity contribution in [3.63, 3.8) is 0 Å². The molecule has 0 saturated carbocycles. The van der Waals surface area contributed by atoms with E-state index in [0.29, 0.717) is 0 Å². The highest BCUT2D eigenvalue weighted by Gasteiger charge is 2.48. The third kappa shape index (κ3) is 6.76. The largest absolute Gasteiger partial charge is 0.456 e. The van der Waals surface area contributed by atoms with E-state index in [9.17, 15) is 0 Å². The number of hydrogen-bond donors (Lipinski definition) is 0. The Morgan fingerprint density at radius 2 is 0.947 bits per heavy atom. The summed E-state index contributed by atoms with van der Waals surface area (Å²) in [5, 5.41) is 6.81. The van der Waals surface area contributed by atoms with Crippen LogP contribution in [0, 0.1) is 0 Å². The summed E-state index contributed by atoms with van der Waals surface area (Å²) in [7, 11) is 0. The second kappa shape index (κ2) is 16.5. The third-order valence-corrected chi connectivity index (χ3v) is 17.5. The highest BCUT2D eigenvalue weighted by Crippen LogP contribution is 2.55. The van der Waals surface area contributed by atoms with E-state index in [1.165, 1.54) is 64.8 Å². The molecule has 2 aliphatic heterocycles. The molecule has 0 amide bonds. The SMILES string of the molecule is CC(C)(C)c1ccc(N2B3c4cc5c(-c6ccccc6)sc(-c6ccccc6)c5cc4N(c4ccc(C(C)(C)C)cc4-c4ccccc4)c4cc5c(oc6ccccc65)c(c43)-c3cc4c(cc32)oc2ccccc24)cc1. The monoisotopic (exact) mass is 996 g/mol. The summed E-state index contributed by atoms with van der Waals surface area (Å²) < 4.78 is 14.1. The normalized spacial score (nSPS) is 13.3. The van der Waals surface area contributed by atoms with Gasteiger partial charge in [-0.15, -0.1) is 11.3 Å². The quantitative estimate of drug-likeness (QED) is 0.161. The summed E-state index contributed by atoms with van der Waals surface area (Å²) >= 11 is 1.89. The van der Waals surface area contributed by atoms with Crippen molar-refractivity contribution in [1.29, 1.82) is 0 Å². The van der Waals surface area contributed by atoms with Gasteiger partial charge in [0, 0.05) is 87.6 Å². The van der Waals surface area contributed by atoms with Crippen LogP contribution in [-0.2, 0) is 10.8 Å². The zero-order valence-electron chi connectivity index (χ0n) is 43.4. The first-order valence-corrected chi connectivity index (χ1v) is 27.3. The van der Waals surface area contributed by atoms with E-state index in [4.69, 9.17) is 8.83 Å². The van der Waals surface area contributed by atoms with Gasteiger partial charge in [-0.3, -0.25) is 0 Å². The van der Waals surface area contributed by atoms with Crippen LogP contribution in [0.3, 0.4) is 0 Å². The van der Waals surface area contributed by atoms with E-state index in [-0.39, 0.29) is 17.7 Å². The van der Waals surface area contributed by atoms with Gasteiger partial charge < -0.3 is 18.5 Å². The molecule has 0 bridgehead atoms. The Balaban J connectivity index is 1.15. The van der Waals surface area contributed by atoms with Crippen molar-refractivity contribution >= 4 is 112 Å². The second-order valence-corrected chi connectivity index (χ2v) is 23.8. The van der Waals surface area contributed by atoms with Crippen LogP contribution in [0.25, 0.3) is 97.8 Å². The molecule has 4 nitrogen and oxygen atoms in total. The van der Waals surface area contributed by atoms with Gasteiger partial charge in [-0.1, -0.05) is 193 Å². The van der Waals surface area contributed by atoms with Crippen LogP contribution < -0.4 is 20.6 Å². The smallest absolute Gasteiger partial charge is 0.333 e. The number of benzene rings is 10. The Hall–Kier alpha value is -8.58. The van der Waals surface area contributed by atoms with E-state index in [0.717, 1.165) is 83.4 Å². The van der Waals surface area contributed by atoms with Crippen molar-refractivity contribution in [3.05, 3.63) is 223 Å². The molecule has 76 heavy (non-hydrogen) atoms. The molecule has 364 valence electrons. The Labute approximate surface area is 447 Å². The van der Waals surface area contributed by atoms with Crippen molar-refractivity contribution in [2.45, 2.75) is 52.4 Å². The molecule has 5 heterocycles. The van der Waals surface area contributed by atoms with Crippen LogP contribution in [0.15, 0.2) is 221 Å². The van der Waals surface area contributed by atoms with E-state index >= 15 is 0 Å². The van der Waals surface area contributed by atoms with Gasteiger partial charge in [-0.05, 0) is 104 Å². The van der Waals surface area contributed by atoms with E-state index in [2.05, 4.69) is 264 Å². The fourth-order valence-corrected chi connectivity index (χ4v) is 13.6. The van der Waals surface area contributed by atoms with Crippen LogP contribution in [0.5, 0.6) is 0 Å². The first kappa shape index (κ1) is 44.9. The molecule has 0 atom stereocenters. The Bertz CT molecular complexity index is 4480. The lowest BCUT2D eigenvalue weighted by Gasteiger charge is -2.46. The summed E-state index contributed by atoms with van der Waals surface area (Å²) in [6.45, 7) is 13.5. The summed E-state index contributed by atoms with van der Waals surface area (Å²) in [5.74, 6) is 0. The topological polar surface area (TPSA) is 32.8 Å². The zero-order chi connectivity index (χ0) is 51.2. The predicted molar refractivity (Wildman–Crippen MR) is 324 cm³/mol.